The van der Waals surface area contributed by atoms with E-state index in [0.29, 0.717) is 6.04 Å². The van der Waals surface area contributed by atoms with Crippen molar-refractivity contribution in [2.24, 2.45) is 10.4 Å². The Morgan fingerprint density at radius 1 is 1.67 bits per heavy atom. The van der Waals surface area contributed by atoms with Crippen LogP contribution >= 0.6 is 0 Å². The third-order valence-electron chi connectivity index (χ3n) is 2.88. The highest BCUT2D eigenvalue weighted by molar-refractivity contribution is 5.84. The van der Waals surface area contributed by atoms with Crippen molar-refractivity contribution in [1.82, 2.24) is 5.32 Å². The van der Waals surface area contributed by atoms with E-state index in [1.54, 1.807) is 0 Å². The largest absolute Gasteiger partial charge is 0.366 e. The zero-order chi connectivity index (χ0) is 11.5. The summed E-state index contributed by atoms with van der Waals surface area (Å²) in [5.41, 5.74) is 2.60. The van der Waals surface area contributed by atoms with Gasteiger partial charge in [0.2, 0.25) is 0 Å². The molecule has 0 spiro atoms. The summed E-state index contributed by atoms with van der Waals surface area (Å²) in [6.45, 7) is 12.7. The Morgan fingerprint density at radius 3 is 2.80 bits per heavy atom. The van der Waals surface area contributed by atoms with Gasteiger partial charge in [-0.25, -0.2) is 0 Å². The Bertz CT molecular complexity index is 298. The van der Waals surface area contributed by atoms with Crippen molar-refractivity contribution in [3.63, 3.8) is 0 Å². The summed E-state index contributed by atoms with van der Waals surface area (Å²) >= 11 is 0. The molecule has 0 radical (unpaired) electrons. The molecule has 0 aromatic heterocycles. The van der Waals surface area contributed by atoms with Crippen molar-refractivity contribution in [1.29, 1.82) is 0 Å². The van der Waals surface area contributed by atoms with E-state index in [4.69, 9.17) is 0 Å². The van der Waals surface area contributed by atoms with Gasteiger partial charge in [-0.05, 0) is 31.9 Å². The molecule has 0 amide bonds. The molecule has 1 N–H and O–H groups in total. The second-order valence-corrected chi connectivity index (χ2v) is 5.00. The first-order chi connectivity index (χ1) is 6.95. The van der Waals surface area contributed by atoms with Crippen LogP contribution in [0.4, 0.5) is 0 Å². The maximum atomic E-state index is 4.68. The van der Waals surface area contributed by atoms with Gasteiger partial charge >= 0.3 is 0 Å². The molecule has 1 aliphatic heterocycles. The van der Waals surface area contributed by atoms with Gasteiger partial charge in [0.05, 0.1) is 6.04 Å². The smallest absolute Gasteiger partial charge is 0.0607 e. The molecule has 1 rings (SSSR count). The van der Waals surface area contributed by atoms with E-state index < -0.39 is 0 Å². The van der Waals surface area contributed by atoms with Crippen LogP contribution in [0.25, 0.3) is 0 Å². The summed E-state index contributed by atoms with van der Waals surface area (Å²) < 4.78 is 0. The fourth-order valence-corrected chi connectivity index (χ4v) is 2.08. The lowest BCUT2D eigenvalue weighted by Gasteiger charge is -2.25. The van der Waals surface area contributed by atoms with Crippen LogP contribution in [0.2, 0.25) is 0 Å². The number of hydrogen-bond acceptors (Lipinski definition) is 2. The normalized spacial score (nSPS) is 24.3. The first kappa shape index (κ1) is 12.0. The number of allylic oxidation sites excluding steroid dienone is 1. The molecule has 1 heterocycles. The standard InChI is InChI=1S/C13H22N2/c1-6-7-14-10(2)8-12-13(4,5)9-11(3)15-12/h6-7,12,14H,2,8-9H2,1,3-5H3/b7-6-. The molecule has 1 unspecified atom stereocenters. The number of nitrogens with one attached hydrogen (secondary N) is 1. The quantitative estimate of drug-likeness (QED) is 0.750. The zero-order valence-corrected chi connectivity index (χ0v) is 10.3. The highest BCUT2D eigenvalue weighted by Crippen LogP contribution is 2.36. The van der Waals surface area contributed by atoms with Crippen LogP contribution in [-0.2, 0) is 0 Å². The van der Waals surface area contributed by atoms with Gasteiger partial charge in [-0.1, -0.05) is 26.5 Å². The second kappa shape index (κ2) is 4.65. The summed E-state index contributed by atoms with van der Waals surface area (Å²) in [4.78, 5) is 4.68. The molecule has 2 heteroatoms. The highest BCUT2D eigenvalue weighted by Gasteiger charge is 2.34. The van der Waals surface area contributed by atoms with Gasteiger partial charge < -0.3 is 5.32 Å². The number of hydrogen-bond donors (Lipinski definition) is 1. The molecule has 0 saturated heterocycles. The summed E-state index contributed by atoms with van der Waals surface area (Å²) in [6.07, 6.45) is 5.92. The van der Waals surface area contributed by atoms with Crippen LogP contribution in [0.5, 0.6) is 0 Å². The summed E-state index contributed by atoms with van der Waals surface area (Å²) in [5.74, 6) is 0. The van der Waals surface area contributed by atoms with Gasteiger partial charge in [-0.2, -0.15) is 0 Å². The van der Waals surface area contributed by atoms with Crippen LogP contribution in [0.1, 0.15) is 40.5 Å². The zero-order valence-electron chi connectivity index (χ0n) is 10.3. The molecule has 0 saturated carbocycles. The number of aliphatic imine (C=N–C) groups is 1. The van der Waals surface area contributed by atoms with Crippen LogP contribution in [-0.4, -0.2) is 11.8 Å². The molecular formula is C13H22N2. The maximum absolute atomic E-state index is 4.68. The summed E-state index contributed by atoms with van der Waals surface area (Å²) in [5, 5.41) is 3.17. The Morgan fingerprint density at radius 2 is 2.33 bits per heavy atom. The highest BCUT2D eigenvalue weighted by atomic mass is 14.9. The van der Waals surface area contributed by atoms with Crippen molar-refractivity contribution >= 4 is 5.71 Å². The van der Waals surface area contributed by atoms with E-state index in [-0.39, 0.29) is 5.41 Å². The van der Waals surface area contributed by atoms with Gasteiger partial charge in [-0.3, -0.25) is 4.99 Å². The van der Waals surface area contributed by atoms with Crippen molar-refractivity contribution < 1.29 is 0 Å². The number of rotatable bonds is 4. The molecule has 1 atom stereocenters. The first-order valence-corrected chi connectivity index (χ1v) is 5.54. The van der Waals surface area contributed by atoms with E-state index in [1.165, 1.54) is 5.71 Å². The fraction of sp³-hybridized carbons (Fsp3) is 0.615. The molecule has 15 heavy (non-hydrogen) atoms. The van der Waals surface area contributed by atoms with Gasteiger partial charge in [0.25, 0.3) is 0 Å². The molecule has 0 fully saturated rings. The Hall–Kier alpha value is -1.05. The van der Waals surface area contributed by atoms with Gasteiger partial charge in [0, 0.05) is 17.8 Å². The van der Waals surface area contributed by atoms with Crippen molar-refractivity contribution in [3.8, 4) is 0 Å². The average Bonchev–Trinajstić information content (AvgIpc) is 2.36. The Labute approximate surface area is 93.2 Å². The van der Waals surface area contributed by atoms with Crippen LogP contribution in [0, 0.1) is 5.41 Å². The fourth-order valence-electron chi connectivity index (χ4n) is 2.08. The summed E-state index contributed by atoms with van der Waals surface area (Å²) in [6, 6.07) is 0.378. The predicted octanol–water partition coefficient (Wildman–Crippen LogP) is 3.27. The van der Waals surface area contributed by atoms with Crippen LogP contribution in [0.15, 0.2) is 29.5 Å². The molecule has 84 valence electrons. The Balaban J connectivity index is 2.54. The van der Waals surface area contributed by atoms with Crippen molar-refractivity contribution in [3.05, 3.63) is 24.6 Å². The SMILES string of the molecule is C=C(CC1N=C(C)CC1(C)C)N/C=C\C. The summed E-state index contributed by atoms with van der Waals surface area (Å²) in [7, 11) is 0. The Kier molecular flexibility index (Phi) is 3.72. The topological polar surface area (TPSA) is 24.4 Å². The molecule has 0 aromatic rings. The third kappa shape index (κ3) is 3.22. The predicted molar refractivity (Wildman–Crippen MR) is 67.0 cm³/mol. The van der Waals surface area contributed by atoms with Crippen molar-refractivity contribution in [2.75, 3.05) is 0 Å². The molecule has 2 nitrogen and oxygen atoms in total. The minimum atomic E-state index is 0.282. The van der Waals surface area contributed by atoms with E-state index >= 15 is 0 Å². The minimum absolute atomic E-state index is 0.282. The molecule has 0 bridgehead atoms. The lowest BCUT2D eigenvalue weighted by molar-refractivity contribution is 0.319. The molecule has 0 aromatic carbocycles. The molecule has 1 aliphatic rings. The third-order valence-corrected chi connectivity index (χ3v) is 2.88. The van der Waals surface area contributed by atoms with Gasteiger partial charge in [0.1, 0.15) is 0 Å². The van der Waals surface area contributed by atoms with E-state index in [1.807, 2.05) is 19.2 Å². The van der Waals surface area contributed by atoms with Crippen LogP contribution < -0.4 is 5.32 Å². The first-order valence-electron chi connectivity index (χ1n) is 5.54. The van der Waals surface area contributed by atoms with Gasteiger partial charge in [0.15, 0.2) is 0 Å². The van der Waals surface area contributed by atoms with Gasteiger partial charge in [-0.15, -0.1) is 0 Å². The molecule has 0 aliphatic carbocycles. The lowest BCUT2D eigenvalue weighted by Crippen LogP contribution is -2.25. The van der Waals surface area contributed by atoms with Crippen molar-refractivity contribution in [2.45, 2.75) is 46.6 Å². The van der Waals surface area contributed by atoms with E-state index in [9.17, 15) is 0 Å². The molecular weight excluding hydrogens is 184 g/mol. The lowest BCUT2D eigenvalue weighted by atomic mass is 9.81. The monoisotopic (exact) mass is 206 g/mol. The maximum Gasteiger partial charge on any atom is 0.0607 e. The average molecular weight is 206 g/mol. The van der Waals surface area contributed by atoms with E-state index in [0.717, 1.165) is 18.5 Å². The van der Waals surface area contributed by atoms with E-state index in [2.05, 4.69) is 37.7 Å². The second-order valence-electron chi connectivity index (χ2n) is 5.00. The van der Waals surface area contributed by atoms with Crippen LogP contribution in [0.3, 0.4) is 0 Å². The number of nitrogens with zero attached hydrogens (tertiary/aromatic N) is 1. The minimum Gasteiger partial charge on any atom is -0.366 e.